The average Bonchev–Trinajstić information content (AvgIpc) is 3.74. The number of carbonyl (C=O) groups is 4. The molecule has 67 heavy (non-hydrogen) atoms. The highest BCUT2D eigenvalue weighted by atomic mass is 19.4. The first-order chi connectivity index (χ1) is 31.6. The van der Waals surface area contributed by atoms with Crippen LogP contribution in [0.2, 0.25) is 0 Å². The number of hydrogen-bond acceptors (Lipinski definition) is 12. The lowest BCUT2D eigenvalue weighted by atomic mass is 10.0. The Morgan fingerprint density at radius 2 is 0.866 bits per heavy atom. The molecule has 0 spiro atoms. The maximum absolute atomic E-state index is 13.8. The third kappa shape index (κ3) is 9.79. The van der Waals surface area contributed by atoms with E-state index < -0.39 is 45.3 Å². The largest absolute Gasteiger partial charge is 0.490 e. The van der Waals surface area contributed by atoms with Gasteiger partial charge in [0.25, 0.3) is 22.5 Å². The van der Waals surface area contributed by atoms with Gasteiger partial charge in [-0.05, 0) is 31.6 Å². The molecule has 0 unspecified atom stereocenters. The molecular weight excluding hydrogens is 906 g/mol. The molecule has 2 heterocycles. The highest BCUT2D eigenvalue weighted by molar-refractivity contribution is 6.27. The number of aromatic nitrogens is 2. The van der Waals surface area contributed by atoms with Gasteiger partial charge in [-0.25, -0.2) is 9.59 Å². The average molecular weight is 939 g/mol. The van der Waals surface area contributed by atoms with Crippen LogP contribution in [0.25, 0.3) is 44.1 Å². The van der Waals surface area contributed by atoms with Gasteiger partial charge in [0.2, 0.25) is 0 Å². The first-order valence-electron chi connectivity index (χ1n) is 19.6. The minimum atomic E-state index is -5.08. The van der Waals surface area contributed by atoms with Crippen molar-refractivity contribution >= 4 is 56.4 Å². The van der Waals surface area contributed by atoms with Gasteiger partial charge in [-0.15, -0.1) is 0 Å². The molecule has 0 aliphatic heterocycles. The number of pyridine rings is 2. The van der Waals surface area contributed by atoms with E-state index in [0.717, 1.165) is 0 Å². The molecule has 348 valence electrons. The van der Waals surface area contributed by atoms with E-state index in [0.29, 0.717) is 88.1 Å². The van der Waals surface area contributed by atoms with Gasteiger partial charge in [-0.3, -0.25) is 39.4 Å². The van der Waals surface area contributed by atoms with Gasteiger partial charge in [-0.1, -0.05) is 48.5 Å². The second-order valence-electron chi connectivity index (χ2n) is 14.5. The van der Waals surface area contributed by atoms with Gasteiger partial charge in [0.15, 0.2) is 11.6 Å². The summed E-state index contributed by atoms with van der Waals surface area (Å²) in [7, 11) is 0. The Bertz CT molecular complexity index is 2960. The van der Waals surface area contributed by atoms with Gasteiger partial charge in [0, 0.05) is 83.5 Å². The number of halogens is 6. The molecular formula is C43H32F6N6O12. The van der Waals surface area contributed by atoms with Gasteiger partial charge in [0.1, 0.15) is 0 Å². The van der Waals surface area contributed by atoms with Gasteiger partial charge in [-0.2, -0.15) is 26.3 Å². The van der Waals surface area contributed by atoms with Crippen molar-refractivity contribution in [1.29, 1.82) is 0 Å². The molecule has 24 heteroatoms. The number of nitrogens with zero attached hydrogens (tertiary/aromatic N) is 4. The van der Waals surface area contributed by atoms with E-state index in [1.54, 1.807) is 48.5 Å². The van der Waals surface area contributed by atoms with Crippen molar-refractivity contribution in [2.45, 2.75) is 31.9 Å². The van der Waals surface area contributed by atoms with Gasteiger partial charge < -0.3 is 30.0 Å². The molecule has 0 radical (unpaired) electrons. The second kappa shape index (κ2) is 19.2. The number of carbonyl (C=O) groups excluding carboxylic acids is 2. The third-order valence-corrected chi connectivity index (χ3v) is 10.5. The van der Waals surface area contributed by atoms with Gasteiger partial charge >= 0.3 is 24.3 Å². The summed E-state index contributed by atoms with van der Waals surface area (Å²) in [6.45, 7) is 2.39. The Kier molecular flexibility index (Phi) is 13.8. The van der Waals surface area contributed by atoms with E-state index >= 15 is 0 Å². The highest BCUT2D eigenvalue weighted by Crippen LogP contribution is 2.41. The summed E-state index contributed by atoms with van der Waals surface area (Å²) in [5, 5.41) is 44.9. The molecule has 0 bridgehead atoms. The summed E-state index contributed by atoms with van der Waals surface area (Å²) in [5.41, 5.74) is 2.72. The molecule has 0 saturated carbocycles. The van der Waals surface area contributed by atoms with Crippen LogP contribution in [0.1, 0.15) is 38.3 Å². The molecule has 2 aromatic heterocycles. The summed E-state index contributed by atoms with van der Waals surface area (Å²) in [4.78, 5) is 94.1. The van der Waals surface area contributed by atoms with Crippen molar-refractivity contribution in [2.75, 3.05) is 26.2 Å². The maximum Gasteiger partial charge on any atom is 0.490 e. The molecule has 0 atom stereocenters. The third-order valence-electron chi connectivity index (χ3n) is 10.5. The minimum absolute atomic E-state index is 0.116. The number of hydrogen-bond donors (Lipinski definition) is 4. The number of benzene rings is 4. The fraction of sp³-hybridized carbons (Fsp3) is 0.209. The standard InChI is InChI=1S/C39H30N6O8.2C2HF3O2/c46-36-28-8-3-1-6-26(28)34-32(36)24-12-10-22(44(50)51)20-30(24)38(48)42(34)18-16-40-14-5-15-41-17-19-43-35-27-7-2-4-9-29(27)37(47)33(35)25-13-11-23(45(52)53)21-31(25)39(43)49;2*3-2(4,5)1(6)7/h1-4,6-13,20-21,40-41H,5,14-19H2;2*(H,6,7). The van der Waals surface area contributed by atoms with Crippen LogP contribution in [0, 0.1) is 20.2 Å². The fourth-order valence-corrected chi connectivity index (χ4v) is 7.56. The number of rotatable bonds is 12. The van der Waals surface area contributed by atoms with Crippen LogP contribution in [0.3, 0.4) is 0 Å². The Morgan fingerprint density at radius 1 is 0.537 bits per heavy atom. The number of ketones is 2. The van der Waals surface area contributed by atoms with E-state index in [1.807, 2.05) is 0 Å². The zero-order valence-electron chi connectivity index (χ0n) is 34.1. The number of aliphatic carboxylic acids is 2. The van der Waals surface area contributed by atoms with Crippen LogP contribution in [0.4, 0.5) is 37.7 Å². The Morgan fingerprint density at radius 3 is 1.18 bits per heavy atom. The first-order valence-corrected chi connectivity index (χ1v) is 19.6. The van der Waals surface area contributed by atoms with E-state index in [9.17, 15) is 65.7 Å². The van der Waals surface area contributed by atoms with E-state index in [4.69, 9.17) is 19.8 Å². The molecule has 4 aromatic carbocycles. The second-order valence-corrected chi connectivity index (χ2v) is 14.5. The summed E-state index contributed by atoms with van der Waals surface area (Å²) >= 11 is 0. The quantitative estimate of drug-likeness (QED) is 0.0468. The molecule has 0 amide bonds. The number of nitro benzene ring substituents is 2. The minimum Gasteiger partial charge on any atom is -0.475 e. The molecule has 4 N–H and O–H groups in total. The lowest BCUT2D eigenvalue weighted by Gasteiger charge is -2.16. The zero-order chi connectivity index (χ0) is 49.1. The summed E-state index contributed by atoms with van der Waals surface area (Å²) in [6, 6.07) is 22.1. The Balaban J connectivity index is 0.000000461. The number of fused-ring (bicyclic) bond motifs is 10. The number of alkyl halides is 6. The van der Waals surface area contributed by atoms with Crippen LogP contribution in [-0.2, 0) is 22.7 Å². The summed E-state index contributed by atoms with van der Waals surface area (Å²) in [6.07, 6.45) is -9.48. The number of carboxylic acid groups (broad SMARTS) is 2. The molecule has 2 aliphatic rings. The Labute approximate surface area is 370 Å². The summed E-state index contributed by atoms with van der Waals surface area (Å²) in [5.74, 6) is -5.97. The van der Waals surface area contributed by atoms with Crippen LogP contribution >= 0.6 is 0 Å². The first kappa shape index (κ1) is 48.3. The van der Waals surface area contributed by atoms with Crippen LogP contribution < -0.4 is 21.8 Å². The molecule has 6 aromatic rings. The van der Waals surface area contributed by atoms with E-state index in [2.05, 4.69) is 10.6 Å². The van der Waals surface area contributed by atoms with Crippen molar-refractivity contribution in [3.8, 4) is 22.5 Å². The molecule has 0 saturated heterocycles. The molecule has 0 fully saturated rings. The number of non-ortho nitro benzene ring substituents is 2. The predicted molar refractivity (Wildman–Crippen MR) is 225 cm³/mol. The van der Waals surface area contributed by atoms with Crippen molar-refractivity contribution in [3.05, 3.63) is 148 Å². The molecule has 8 rings (SSSR count). The van der Waals surface area contributed by atoms with E-state index in [1.165, 1.54) is 45.5 Å². The number of nitrogens with one attached hydrogen (secondary N) is 2. The lowest BCUT2D eigenvalue weighted by molar-refractivity contribution is -0.384. The topological polar surface area (TPSA) is 263 Å². The molecule has 2 aliphatic carbocycles. The highest BCUT2D eigenvalue weighted by Gasteiger charge is 2.39. The van der Waals surface area contributed by atoms with Crippen LogP contribution in [0.15, 0.2) is 94.5 Å². The van der Waals surface area contributed by atoms with E-state index in [-0.39, 0.29) is 46.8 Å². The zero-order valence-corrected chi connectivity index (χ0v) is 34.1. The fourth-order valence-electron chi connectivity index (χ4n) is 7.56. The van der Waals surface area contributed by atoms with Crippen LogP contribution in [-0.4, -0.2) is 91.2 Å². The number of carboxylic acids is 2. The van der Waals surface area contributed by atoms with Crippen LogP contribution in [0.5, 0.6) is 0 Å². The normalized spacial score (nSPS) is 12.3. The SMILES string of the molecule is O=C(O)C(F)(F)F.O=C(O)C(F)(F)F.O=C1c2ccccc2-c2c1c1ccc([N+](=O)[O-])cc1c(=O)n2CCNCCCNCCn1c2c(c3ccc([N+](=O)[O-])cc3c1=O)C(=O)c1ccccc1-2. The lowest BCUT2D eigenvalue weighted by Crippen LogP contribution is -2.31. The summed E-state index contributed by atoms with van der Waals surface area (Å²) < 4.78 is 66.5. The monoisotopic (exact) mass is 938 g/mol. The van der Waals surface area contributed by atoms with Gasteiger partial charge in [0.05, 0.1) is 43.1 Å². The predicted octanol–water partition coefficient (Wildman–Crippen LogP) is 6.09. The van der Waals surface area contributed by atoms with Crippen molar-refractivity contribution in [3.63, 3.8) is 0 Å². The van der Waals surface area contributed by atoms with Crippen molar-refractivity contribution in [2.24, 2.45) is 0 Å². The maximum atomic E-state index is 13.8. The van der Waals surface area contributed by atoms with Crippen molar-refractivity contribution in [1.82, 2.24) is 19.8 Å². The molecule has 18 nitrogen and oxygen atoms in total. The number of nitro groups is 2. The van der Waals surface area contributed by atoms with Crippen molar-refractivity contribution < 1.29 is 65.6 Å². The Hall–Kier alpha value is -8.12. The smallest absolute Gasteiger partial charge is 0.475 e.